The number of nitrogens with two attached hydrogens (primary N) is 1. The first-order valence-corrected chi connectivity index (χ1v) is 9.27. The first kappa shape index (κ1) is 19.1. The molecule has 2 amide bonds. The zero-order valence-corrected chi connectivity index (χ0v) is 16.4. The molecule has 1 aromatic carbocycles. The summed E-state index contributed by atoms with van der Waals surface area (Å²) in [7, 11) is 0. The van der Waals surface area contributed by atoms with Crippen LogP contribution in [0.3, 0.4) is 0 Å². The summed E-state index contributed by atoms with van der Waals surface area (Å²) in [5.41, 5.74) is 6.85. The number of aromatic nitrogens is 2. The summed E-state index contributed by atoms with van der Waals surface area (Å²) in [6.45, 7) is 5.09. The summed E-state index contributed by atoms with van der Waals surface area (Å²) in [5.74, 6) is -0.990. The summed E-state index contributed by atoms with van der Waals surface area (Å²) >= 11 is 7.05. The highest BCUT2D eigenvalue weighted by atomic mass is 35.5. The molecule has 0 fully saturated rings. The number of fused-ring (bicyclic) bond motifs is 1. The summed E-state index contributed by atoms with van der Waals surface area (Å²) in [4.78, 5) is 42.0. The smallest absolute Gasteiger partial charge is 0.263 e. The number of amides is 2. The van der Waals surface area contributed by atoms with Gasteiger partial charge in [0.1, 0.15) is 10.9 Å². The minimum absolute atomic E-state index is 0.291. The van der Waals surface area contributed by atoms with Crippen molar-refractivity contribution in [1.82, 2.24) is 9.55 Å². The van der Waals surface area contributed by atoms with Crippen molar-refractivity contribution in [2.24, 2.45) is 5.73 Å². The van der Waals surface area contributed by atoms with Gasteiger partial charge in [-0.1, -0.05) is 17.7 Å². The minimum Gasteiger partial charge on any atom is -0.365 e. The maximum absolute atomic E-state index is 12.9. The Morgan fingerprint density at radius 2 is 2.04 bits per heavy atom. The molecule has 3 rings (SSSR count). The molecule has 0 saturated carbocycles. The Labute approximate surface area is 163 Å². The summed E-state index contributed by atoms with van der Waals surface area (Å²) in [5, 5.41) is 3.58. The highest BCUT2D eigenvalue weighted by molar-refractivity contribution is 7.20. The molecule has 2 aromatic heterocycles. The molecule has 9 heteroatoms. The number of hydrogen-bond donors (Lipinski definition) is 2. The number of carbonyl (C=O) groups excluding carboxylic acids is 2. The third-order valence-corrected chi connectivity index (χ3v) is 5.80. The van der Waals surface area contributed by atoms with E-state index in [2.05, 4.69) is 10.3 Å². The number of nitrogens with zero attached hydrogens (tertiary/aromatic N) is 2. The van der Waals surface area contributed by atoms with Crippen LogP contribution in [0.15, 0.2) is 29.3 Å². The van der Waals surface area contributed by atoms with Gasteiger partial charge in [0.15, 0.2) is 0 Å². The molecule has 0 bridgehead atoms. The maximum Gasteiger partial charge on any atom is 0.263 e. The van der Waals surface area contributed by atoms with Crippen LogP contribution >= 0.6 is 22.9 Å². The van der Waals surface area contributed by atoms with Gasteiger partial charge in [0.2, 0.25) is 5.91 Å². The van der Waals surface area contributed by atoms with Crippen molar-refractivity contribution in [3.8, 4) is 0 Å². The molecule has 0 aliphatic carbocycles. The van der Waals surface area contributed by atoms with E-state index < -0.39 is 17.5 Å². The molecule has 7 nitrogen and oxygen atoms in total. The zero-order valence-electron chi connectivity index (χ0n) is 14.9. The second kappa shape index (κ2) is 7.13. The van der Waals surface area contributed by atoms with Crippen molar-refractivity contribution in [3.63, 3.8) is 0 Å². The van der Waals surface area contributed by atoms with Crippen LogP contribution < -0.4 is 16.6 Å². The van der Waals surface area contributed by atoms with Gasteiger partial charge in [-0.25, -0.2) is 4.98 Å². The lowest BCUT2D eigenvalue weighted by Crippen LogP contribution is -2.32. The van der Waals surface area contributed by atoms with Crippen LogP contribution in [0.25, 0.3) is 10.2 Å². The van der Waals surface area contributed by atoms with E-state index in [4.69, 9.17) is 17.3 Å². The van der Waals surface area contributed by atoms with Crippen LogP contribution in [-0.2, 0) is 4.79 Å². The highest BCUT2D eigenvalue weighted by Gasteiger charge is 2.22. The van der Waals surface area contributed by atoms with E-state index in [1.54, 1.807) is 32.0 Å². The standard InChI is InChI=1S/C18H17ClN4O3S/c1-8-4-5-11(19)6-12(8)22-16(25)10(3)23-7-21-17-13(18(23)26)9(2)14(27-17)15(20)24/h4-7,10H,1-3H3,(H2,20,24)(H,22,25)/t10-/m1/s1. The fraction of sp³-hybridized carbons (Fsp3) is 0.222. The monoisotopic (exact) mass is 404 g/mol. The average Bonchev–Trinajstić information content (AvgIpc) is 2.95. The van der Waals surface area contributed by atoms with Crippen LogP contribution in [0.4, 0.5) is 5.69 Å². The lowest BCUT2D eigenvalue weighted by molar-refractivity contribution is -0.118. The Morgan fingerprint density at radius 1 is 1.33 bits per heavy atom. The summed E-state index contributed by atoms with van der Waals surface area (Å²) < 4.78 is 1.24. The van der Waals surface area contributed by atoms with Crippen LogP contribution in [0.2, 0.25) is 5.02 Å². The third-order valence-electron chi connectivity index (χ3n) is 4.35. The number of benzene rings is 1. The number of hydrogen-bond acceptors (Lipinski definition) is 5. The molecule has 2 heterocycles. The molecule has 0 aliphatic heterocycles. The third kappa shape index (κ3) is 3.45. The van der Waals surface area contributed by atoms with Gasteiger partial charge in [0.25, 0.3) is 11.5 Å². The van der Waals surface area contributed by atoms with Gasteiger partial charge in [0.05, 0.1) is 16.6 Å². The van der Waals surface area contributed by atoms with Crippen molar-refractivity contribution in [2.45, 2.75) is 26.8 Å². The van der Waals surface area contributed by atoms with Crippen LogP contribution in [0, 0.1) is 13.8 Å². The summed E-state index contributed by atoms with van der Waals surface area (Å²) in [6.07, 6.45) is 1.31. The number of halogens is 1. The number of aryl methyl sites for hydroxylation is 2. The number of anilines is 1. The Kier molecular flexibility index (Phi) is 5.03. The number of nitrogens with one attached hydrogen (secondary N) is 1. The van der Waals surface area contributed by atoms with E-state index in [0.29, 0.717) is 31.4 Å². The van der Waals surface area contributed by atoms with Crippen LogP contribution in [0.5, 0.6) is 0 Å². The van der Waals surface area contributed by atoms with Crippen molar-refractivity contribution in [3.05, 3.63) is 55.9 Å². The first-order chi connectivity index (χ1) is 12.7. The SMILES string of the molecule is Cc1ccc(Cl)cc1NC(=O)[C@@H](C)n1cnc2sc(C(N)=O)c(C)c2c1=O. The van der Waals surface area contributed by atoms with E-state index in [1.165, 1.54) is 10.9 Å². The van der Waals surface area contributed by atoms with Crippen LogP contribution in [0.1, 0.15) is 33.8 Å². The van der Waals surface area contributed by atoms with Crippen molar-refractivity contribution >= 4 is 50.7 Å². The second-order valence-electron chi connectivity index (χ2n) is 6.18. The van der Waals surface area contributed by atoms with Gasteiger partial charge in [-0.2, -0.15) is 0 Å². The van der Waals surface area contributed by atoms with Gasteiger partial charge in [-0.3, -0.25) is 19.0 Å². The Bertz CT molecular complexity index is 1140. The molecule has 0 spiro atoms. The first-order valence-electron chi connectivity index (χ1n) is 8.07. The molecule has 3 N–H and O–H groups in total. The van der Waals surface area contributed by atoms with Crippen LogP contribution in [-0.4, -0.2) is 21.4 Å². The Balaban J connectivity index is 1.99. The van der Waals surface area contributed by atoms with Crippen molar-refractivity contribution in [1.29, 1.82) is 0 Å². The number of carbonyl (C=O) groups is 2. The Hall–Kier alpha value is -2.71. The molecule has 140 valence electrons. The topological polar surface area (TPSA) is 107 Å². The molecule has 1 atom stereocenters. The molecule has 0 unspecified atom stereocenters. The predicted octanol–water partition coefficient (Wildman–Crippen LogP) is 3.03. The minimum atomic E-state index is -0.816. The molecular weight excluding hydrogens is 388 g/mol. The fourth-order valence-electron chi connectivity index (χ4n) is 2.74. The van der Waals surface area contributed by atoms with Crippen molar-refractivity contribution in [2.75, 3.05) is 5.32 Å². The van der Waals surface area contributed by atoms with E-state index in [9.17, 15) is 14.4 Å². The normalized spacial score (nSPS) is 12.1. The van der Waals surface area contributed by atoms with Gasteiger partial charge in [0, 0.05) is 10.7 Å². The molecule has 3 aromatic rings. The lowest BCUT2D eigenvalue weighted by Gasteiger charge is -2.16. The van der Waals surface area contributed by atoms with E-state index >= 15 is 0 Å². The molecule has 0 radical (unpaired) electrons. The quantitative estimate of drug-likeness (QED) is 0.696. The van der Waals surface area contributed by atoms with E-state index in [-0.39, 0.29) is 5.91 Å². The molecule has 0 saturated heterocycles. The lowest BCUT2D eigenvalue weighted by atomic mass is 10.2. The van der Waals surface area contributed by atoms with Gasteiger partial charge < -0.3 is 11.1 Å². The summed E-state index contributed by atoms with van der Waals surface area (Å²) in [6, 6.07) is 4.36. The van der Waals surface area contributed by atoms with Gasteiger partial charge in [-0.05, 0) is 44.0 Å². The maximum atomic E-state index is 12.9. The van der Waals surface area contributed by atoms with Crippen molar-refractivity contribution < 1.29 is 9.59 Å². The number of primary amides is 1. The van der Waals surface area contributed by atoms with E-state index in [1.807, 2.05) is 6.92 Å². The zero-order chi connectivity index (χ0) is 19.9. The molecular formula is C18H17ClN4O3S. The number of thiophene rings is 1. The van der Waals surface area contributed by atoms with Gasteiger partial charge in [-0.15, -0.1) is 11.3 Å². The average molecular weight is 405 g/mol. The Morgan fingerprint density at radius 3 is 2.70 bits per heavy atom. The predicted molar refractivity (Wildman–Crippen MR) is 107 cm³/mol. The highest BCUT2D eigenvalue weighted by Crippen LogP contribution is 2.27. The largest absolute Gasteiger partial charge is 0.365 e. The fourth-order valence-corrected chi connectivity index (χ4v) is 3.90. The molecule has 0 aliphatic rings. The number of rotatable bonds is 4. The van der Waals surface area contributed by atoms with E-state index in [0.717, 1.165) is 16.9 Å². The van der Waals surface area contributed by atoms with Gasteiger partial charge >= 0.3 is 0 Å². The molecule has 27 heavy (non-hydrogen) atoms. The second-order valence-corrected chi connectivity index (χ2v) is 7.62.